The molecule has 23 heavy (non-hydrogen) atoms. The van der Waals surface area contributed by atoms with Crippen molar-refractivity contribution in [1.82, 2.24) is 20.5 Å². The number of aromatic amines is 1. The molecule has 7 heteroatoms. The number of carbonyl (C=O) groups excluding carboxylic acids is 1. The molecule has 0 bridgehead atoms. The first-order chi connectivity index (χ1) is 11.1. The normalized spacial score (nSPS) is 12.0. The molecule has 0 aliphatic rings. The minimum atomic E-state index is -0.330. The van der Waals surface area contributed by atoms with Crippen LogP contribution in [0.4, 0.5) is 10.6 Å². The zero-order valence-electron chi connectivity index (χ0n) is 12.6. The van der Waals surface area contributed by atoms with Gasteiger partial charge in [0.15, 0.2) is 0 Å². The van der Waals surface area contributed by atoms with E-state index in [1.54, 1.807) is 6.07 Å². The molecule has 0 fully saturated rings. The molecule has 0 aliphatic carbocycles. The molecule has 118 valence electrons. The molecule has 0 aliphatic heterocycles. The second kappa shape index (κ2) is 6.35. The number of aromatic nitrogens is 3. The standard InChI is InChI=1S/C16H17N5O2/c1-10(11-5-3-2-4-6-11)8-18-16(23)19-14-7-13-12(9-17-14)15(22)21-20-13/h2-7,9-10H,8H2,1H3,(H2,20,21,22)(H2,17,18,19,23). The van der Waals surface area contributed by atoms with E-state index in [0.29, 0.717) is 23.3 Å². The lowest BCUT2D eigenvalue weighted by atomic mass is 10.0. The van der Waals surface area contributed by atoms with Crippen molar-refractivity contribution in [3.63, 3.8) is 0 Å². The highest BCUT2D eigenvalue weighted by Crippen LogP contribution is 2.21. The van der Waals surface area contributed by atoms with Gasteiger partial charge in [-0.1, -0.05) is 37.3 Å². The van der Waals surface area contributed by atoms with Gasteiger partial charge in [-0.3, -0.25) is 10.4 Å². The monoisotopic (exact) mass is 311 g/mol. The smallest absolute Gasteiger partial charge is 0.320 e. The average molecular weight is 311 g/mol. The van der Waals surface area contributed by atoms with Gasteiger partial charge in [0.1, 0.15) is 5.82 Å². The summed E-state index contributed by atoms with van der Waals surface area (Å²) in [6, 6.07) is 11.3. The van der Waals surface area contributed by atoms with Gasteiger partial charge in [0, 0.05) is 18.8 Å². The largest absolute Gasteiger partial charge is 0.492 e. The van der Waals surface area contributed by atoms with Gasteiger partial charge in [-0.2, -0.15) is 0 Å². The number of carbonyl (C=O) groups is 1. The minimum absolute atomic E-state index is 0.111. The maximum atomic E-state index is 12.0. The number of anilines is 1. The van der Waals surface area contributed by atoms with Crippen molar-refractivity contribution in [3.05, 3.63) is 48.2 Å². The number of amides is 2. The predicted octanol–water partition coefficient (Wildman–Crippen LogP) is 2.59. The van der Waals surface area contributed by atoms with Gasteiger partial charge >= 0.3 is 6.03 Å². The van der Waals surface area contributed by atoms with Gasteiger partial charge in [0.2, 0.25) is 5.88 Å². The highest BCUT2D eigenvalue weighted by Gasteiger charge is 2.10. The maximum absolute atomic E-state index is 12.0. The molecule has 3 rings (SSSR count). The Bertz CT molecular complexity index is 816. The number of hydrogen-bond donors (Lipinski definition) is 4. The quantitative estimate of drug-likeness (QED) is 0.594. The number of rotatable bonds is 4. The van der Waals surface area contributed by atoms with E-state index >= 15 is 0 Å². The Morgan fingerprint density at radius 2 is 2.13 bits per heavy atom. The molecule has 1 atom stereocenters. The molecule has 3 aromatic rings. The van der Waals surface area contributed by atoms with Crippen LogP contribution in [0.15, 0.2) is 42.6 Å². The molecule has 0 spiro atoms. The number of urea groups is 1. The van der Waals surface area contributed by atoms with Crippen LogP contribution in [0.1, 0.15) is 18.4 Å². The SMILES string of the molecule is CC(CNC(=O)Nc1cc2[nH]nc(O)c2cn1)c1ccccc1. The molecule has 1 aromatic carbocycles. The summed E-state index contributed by atoms with van der Waals surface area (Å²) >= 11 is 0. The third-order valence-electron chi connectivity index (χ3n) is 3.61. The van der Waals surface area contributed by atoms with E-state index in [-0.39, 0.29) is 17.8 Å². The van der Waals surface area contributed by atoms with Gasteiger partial charge in [-0.05, 0) is 11.5 Å². The van der Waals surface area contributed by atoms with Gasteiger partial charge in [-0.25, -0.2) is 9.78 Å². The Labute approximate surface area is 132 Å². The van der Waals surface area contributed by atoms with Crippen LogP contribution in [-0.4, -0.2) is 32.9 Å². The van der Waals surface area contributed by atoms with E-state index < -0.39 is 0 Å². The first kappa shape index (κ1) is 14.8. The predicted molar refractivity (Wildman–Crippen MR) is 87.4 cm³/mol. The zero-order chi connectivity index (χ0) is 16.2. The average Bonchev–Trinajstić information content (AvgIpc) is 2.94. The molecule has 7 nitrogen and oxygen atoms in total. The topological polar surface area (TPSA) is 103 Å². The van der Waals surface area contributed by atoms with E-state index in [9.17, 15) is 9.90 Å². The van der Waals surface area contributed by atoms with Crippen molar-refractivity contribution in [2.75, 3.05) is 11.9 Å². The summed E-state index contributed by atoms with van der Waals surface area (Å²) in [4.78, 5) is 16.0. The van der Waals surface area contributed by atoms with E-state index in [0.717, 1.165) is 0 Å². The Kier molecular flexibility index (Phi) is 4.09. The molecule has 2 amide bonds. The number of hydrogen-bond acceptors (Lipinski definition) is 4. The van der Waals surface area contributed by atoms with E-state index in [1.165, 1.54) is 11.8 Å². The fourth-order valence-electron chi connectivity index (χ4n) is 2.27. The van der Waals surface area contributed by atoms with Crippen LogP contribution in [0.25, 0.3) is 10.9 Å². The number of nitrogens with one attached hydrogen (secondary N) is 3. The molecule has 1 unspecified atom stereocenters. The number of nitrogens with zero attached hydrogens (tertiary/aromatic N) is 2. The second-order valence-electron chi connectivity index (χ2n) is 5.31. The fourth-order valence-corrected chi connectivity index (χ4v) is 2.27. The van der Waals surface area contributed by atoms with E-state index in [2.05, 4.69) is 25.8 Å². The molecule has 4 N–H and O–H groups in total. The van der Waals surface area contributed by atoms with Gasteiger partial charge < -0.3 is 10.4 Å². The zero-order valence-corrected chi connectivity index (χ0v) is 12.6. The Balaban J connectivity index is 1.58. The Hall–Kier alpha value is -3.09. The van der Waals surface area contributed by atoms with Crippen LogP contribution < -0.4 is 10.6 Å². The van der Waals surface area contributed by atoms with Crippen LogP contribution >= 0.6 is 0 Å². The molecule has 0 saturated heterocycles. The molecular weight excluding hydrogens is 294 g/mol. The highest BCUT2D eigenvalue weighted by atomic mass is 16.3. The summed E-state index contributed by atoms with van der Waals surface area (Å²) in [5, 5.41) is 21.8. The molecular formula is C16H17N5O2. The third-order valence-corrected chi connectivity index (χ3v) is 3.61. The number of H-pyrrole nitrogens is 1. The first-order valence-corrected chi connectivity index (χ1v) is 7.26. The minimum Gasteiger partial charge on any atom is -0.492 e. The number of fused-ring (bicyclic) bond motifs is 1. The van der Waals surface area contributed by atoms with E-state index in [1.807, 2.05) is 37.3 Å². The maximum Gasteiger partial charge on any atom is 0.320 e. The van der Waals surface area contributed by atoms with Gasteiger partial charge in [-0.15, -0.1) is 5.10 Å². The lowest BCUT2D eigenvalue weighted by molar-refractivity contribution is 0.251. The van der Waals surface area contributed by atoms with Crippen LogP contribution in [0.3, 0.4) is 0 Å². The van der Waals surface area contributed by atoms with Crippen molar-refractivity contribution in [2.24, 2.45) is 0 Å². The van der Waals surface area contributed by atoms with Crippen LogP contribution in [0.5, 0.6) is 5.88 Å². The lowest BCUT2D eigenvalue weighted by Gasteiger charge is -2.13. The van der Waals surface area contributed by atoms with Crippen molar-refractivity contribution in [1.29, 1.82) is 0 Å². The van der Waals surface area contributed by atoms with Crippen LogP contribution in [0.2, 0.25) is 0 Å². The first-order valence-electron chi connectivity index (χ1n) is 7.26. The number of pyridine rings is 1. The van der Waals surface area contributed by atoms with Gasteiger partial charge in [0.25, 0.3) is 0 Å². The Morgan fingerprint density at radius 1 is 1.35 bits per heavy atom. The third kappa shape index (κ3) is 3.39. The summed E-state index contributed by atoms with van der Waals surface area (Å²) in [6.07, 6.45) is 1.45. The molecule has 2 heterocycles. The van der Waals surface area contributed by atoms with Crippen LogP contribution in [0, 0.1) is 0 Å². The van der Waals surface area contributed by atoms with Crippen molar-refractivity contribution in [2.45, 2.75) is 12.8 Å². The van der Waals surface area contributed by atoms with Crippen LogP contribution in [-0.2, 0) is 0 Å². The lowest BCUT2D eigenvalue weighted by Crippen LogP contribution is -2.32. The summed E-state index contributed by atoms with van der Waals surface area (Å²) in [7, 11) is 0. The fraction of sp³-hybridized carbons (Fsp3) is 0.188. The summed E-state index contributed by atoms with van der Waals surface area (Å²) in [6.45, 7) is 2.57. The summed E-state index contributed by atoms with van der Waals surface area (Å²) in [5.41, 5.74) is 1.77. The van der Waals surface area contributed by atoms with Crippen molar-refractivity contribution < 1.29 is 9.90 Å². The van der Waals surface area contributed by atoms with Gasteiger partial charge in [0.05, 0.1) is 10.9 Å². The molecule has 0 radical (unpaired) electrons. The summed E-state index contributed by atoms with van der Waals surface area (Å²) in [5.74, 6) is 0.480. The van der Waals surface area contributed by atoms with Crippen molar-refractivity contribution in [3.8, 4) is 5.88 Å². The number of benzene rings is 1. The Morgan fingerprint density at radius 3 is 2.91 bits per heavy atom. The second-order valence-corrected chi connectivity index (χ2v) is 5.31. The highest BCUT2D eigenvalue weighted by molar-refractivity contribution is 5.91. The van der Waals surface area contributed by atoms with Crippen molar-refractivity contribution >= 4 is 22.8 Å². The molecule has 0 saturated carbocycles. The van der Waals surface area contributed by atoms with E-state index in [4.69, 9.17) is 0 Å². The number of aromatic hydroxyl groups is 1. The molecule has 2 aromatic heterocycles. The summed E-state index contributed by atoms with van der Waals surface area (Å²) < 4.78 is 0.